The van der Waals surface area contributed by atoms with Gasteiger partial charge < -0.3 is 15.5 Å². The number of carbonyl (C=O) groups is 2. The van der Waals surface area contributed by atoms with Crippen molar-refractivity contribution >= 4 is 23.3 Å². The SMILES string of the molecule is O=C(Nc1ccncc1)C1CCN(C(=O)Nc2ccccc2)CC1. The number of likely N-dealkylation sites (tertiary alicyclic amines) is 1. The van der Waals surface area contributed by atoms with Gasteiger partial charge in [-0.3, -0.25) is 9.78 Å². The van der Waals surface area contributed by atoms with Crippen LogP contribution in [0.3, 0.4) is 0 Å². The molecule has 3 rings (SSSR count). The Morgan fingerprint density at radius 2 is 1.54 bits per heavy atom. The maximum atomic E-state index is 12.3. The van der Waals surface area contributed by atoms with E-state index in [0.29, 0.717) is 25.9 Å². The van der Waals surface area contributed by atoms with Gasteiger partial charge in [-0.1, -0.05) is 18.2 Å². The number of rotatable bonds is 3. The number of anilines is 2. The van der Waals surface area contributed by atoms with Crippen LogP contribution in [0.1, 0.15) is 12.8 Å². The van der Waals surface area contributed by atoms with Crippen molar-refractivity contribution in [3.8, 4) is 0 Å². The van der Waals surface area contributed by atoms with E-state index in [0.717, 1.165) is 11.4 Å². The normalized spacial score (nSPS) is 14.9. The Kier molecular flexibility index (Phi) is 5.05. The summed E-state index contributed by atoms with van der Waals surface area (Å²) in [6, 6.07) is 12.8. The second kappa shape index (κ2) is 7.59. The number of piperidine rings is 1. The van der Waals surface area contributed by atoms with Crippen LogP contribution in [-0.2, 0) is 4.79 Å². The maximum Gasteiger partial charge on any atom is 0.321 e. The highest BCUT2D eigenvalue weighted by Gasteiger charge is 2.27. The van der Waals surface area contributed by atoms with Gasteiger partial charge >= 0.3 is 6.03 Å². The Labute approximate surface area is 140 Å². The molecule has 1 aliphatic heterocycles. The maximum absolute atomic E-state index is 12.3. The quantitative estimate of drug-likeness (QED) is 0.911. The molecule has 0 atom stereocenters. The number of para-hydroxylation sites is 1. The number of amides is 3. The molecule has 0 radical (unpaired) electrons. The molecule has 1 aromatic heterocycles. The number of nitrogens with one attached hydrogen (secondary N) is 2. The zero-order chi connectivity index (χ0) is 16.8. The molecule has 1 fully saturated rings. The van der Waals surface area contributed by atoms with E-state index in [1.165, 1.54) is 0 Å². The molecular weight excluding hydrogens is 304 g/mol. The van der Waals surface area contributed by atoms with Crippen molar-refractivity contribution in [2.45, 2.75) is 12.8 Å². The first kappa shape index (κ1) is 16.0. The Balaban J connectivity index is 1.48. The first-order valence-corrected chi connectivity index (χ1v) is 8.04. The number of aromatic nitrogens is 1. The van der Waals surface area contributed by atoms with Crippen LogP contribution in [0.2, 0.25) is 0 Å². The van der Waals surface area contributed by atoms with Crippen LogP contribution in [0.25, 0.3) is 0 Å². The Bertz CT molecular complexity index is 621. The number of carbonyl (C=O) groups excluding carboxylic acids is 2. The number of hydrogen-bond acceptors (Lipinski definition) is 3. The average Bonchev–Trinajstić information content (AvgIpc) is 2.63. The van der Waals surface area contributed by atoms with Crippen molar-refractivity contribution in [3.05, 3.63) is 54.9 Å². The Morgan fingerprint density at radius 1 is 0.917 bits per heavy atom. The molecule has 24 heavy (non-hydrogen) atoms. The molecule has 0 unspecified atom stereocenters. The van der Waals surface area contributed by atoms with Crippen molar-refractivity contribution in [2.24, 2.45) is 5.92 Å². The number of urea groups is 1. The molecule has 1 aromatic carbocycles. The Morgan fingerprint density at radius 3 is 2.21 bits per heavy atom. The summed E-state index contributed by atoms with van der Waals surface area (Å²) in [6.45, 7) is 1.15. The summed E-state index contributed by atoms with van der Waals surface area (Å²) in [4.78, 5) is 30.2. The minimum absolute atomic E-state index is 0.00400. The molecule has 2 aromatic rings. The molecule has 0 bridgehead atoms. The van der Waals surface area contributed by atoms with Gasteiger partial charge in [-0.2, -0.15) is 0 Å². The van der Waals surface area contributed by atoms with Crippen LogP contribution < -0.4 is 10.6 Å². The molecular formula is C18H20N4O2. The molecule has 0 aliphatic carbocycles. The number of hydrogen-bond donors (Lipinski definition) is 2. The largest absolute Gasteiger partial charge is 0.326 e. The van der Waals surface area contributed by atoms with Crippen molar-refractivity contribution in [1.29, 1.82) is 0 Å². The van der Waals surface area contributed by atoms with E-state index in [1.54, 1.807) is 29.4 Å². The smallest absolute Gasteiger partial charge is 0.321 e. The predicted molar refractivity (Wildman–Crippen MR) is 92.6 cm³/mol. The van der Waals surface area contributed by atoms with Gasteiger partial charge in [-0.25, -0.2) is 4.79 Å². The van der Waals surface area contributed by atoms with E-state index in [-0.39, 0.29) is 17.9 Å². The molecule has 2 heterocycles. The second-order valence-corrected chi connectivity index (χ2v) is 5.78. The lowest BCUT2D eigenvalue weighted by atomic mass is 9.96. The lowest BCUT2D eigenvalue weighted by molar-refractivity contribution is -0.121. The van der Waals surface area contributed by atoms with E-state index >= 15 is 0 Å². The highest BCUT2D eigenvalue weighted by molar-refractivity contribution is 5.93. The van der Waals surface area contributed by atoms with Gasteiger partial charge in [0.1, 0.15) is 0 Å². The summed E-state index contributed by atoms with van der Waals surface area (Å²) in [5.74, 6) is -0.0664. The molecule has 6 nitrogen and oxygen atoms in total. The fourth-order valence-corrected chi connectivity index (χ4v) is 2.75. The zero-order valence-corrected chi connectivity index (χ0v) is 13.3. The molecule has 1 saturated heterocycles. The minimum atomic E-state index is -0.116. The van der Waals surface area contributed by atoms with Crippen LogP contribution in [0.15, 0.2) is 54.9 Å². The van der Waals surface area contributed by atoms with Crippen molar-refractivity contribution in [3.63, 3.8) is 0 Å². The summed E-state index contributed by atoms with van der Waals surface area (Å²) in [7, 11) is 0. The van der Waals surface area contributed by atoms with Gasteiger partial charge in [-0.15, -0.1) is 0 Å². The fourth-order valence-electron chi connectivity index (χ4n) is 2.75. The summed E-state index contributed by atoms with van der Waals surface area (Å²) >= 11 is 0. The van der Waals surface area contributed by atoms with E-state index < -0.39 is 0 Å². The summed E-state index contributed by atoms with van der Waals surface area (Å²) < 4.78 is 0. The Hall–Kier alpha value is -2.89. The molecule has 0 saturated carbocycles. The van der Waals surface area contributed by atoms with E-state index in [1.807, 2.05) is 30.3 Å². The summed E-state index contributed by atoms with van der Waals surface area (Å²) in [5, 5.41) is 5.77. The molecule has 124 valence electrons. The van der Waals surface area contributed by atoms with Crippen LogP contribution in [-0.4, -0.2) is 34.9 Å². The highest BCUT2D eigenvalue weighted by atomic mass is 16.2. The van der Waals surface area contributed by atoms with Gasteiger partial charge in [0.2, 0.25) is 5.91 Å². The number of benzene rings is 1. The molecule has 0 spiro atoms. The zero-order valence-electron chi connectivity index (χ0n) is 13.3. The fraction of sp³-hybridized carbons (Fsp3) is 0.278. The van der Waals surface area contributed by atoms with Crippen molar-refractivity contribution < 1.29 is 9.59 Å². The molecule has 1 aliphatic rings. The summed E-state index contributed by atoms with van der Waals surface area (Å²) in [5.41, 5.74) is 1.53. The first-order chi connectivity index (χ1) is 11.7. The lowest BCUT2D eigenvalue weighted by Gasteiger charge is -2.31. The van der Waals surface area contributed by atoms with Gasteiger partial charge in [-0.05, 0) is 37.1 Å². The number of pyridine rings is 1. The topological polar surface area (TPSA) is 74.3 Å². The average molecular weight is 324 g/mol. The second-order valence-electron chi connectivity index (χ2n) is 5.78. The monoisotopic (exact) mass is 324 g/mol. The predicted octanol–water partition coefficient (Wildman–Crippen LogP) is 2.96. The van der Waals surface area contributed by atoms with Gasteiger partial charge in [0.15, 0.2) is 0 Å². The van der Waals surface area contributed by atoms with E-state index in [9.17, 15) is 9.59 Å². The van der Waals surface area contributed by atoms with Crippen LogP contribution in [0, 0.1) is 5.92 Å². The van der Waals surface area contributed by atoms with Gasteiger partial charge in [0, 0.05) is 42.8 Å². The van der Waals surface area contributed by atoms with Crippen LogP contribution >= 0.6 is 0 Å². The highest BCUT2D eigenvalue weighted by Crippen LogP contribution is 2.20. The standard InChI is InChI=1S/C18H20N4O2/c23-17(20-16-6-10-19-11-7-16)14-8-12-22(13-9-14)18(24)21-15-4-2-1-3-5-15/h1-7,10-11,14H,8-9,12-13H2,(H,21,24)(H,19,20,23). The minimum Gasteiger partial charge on any atom is -0.326 e. The van der Waals surface area contributed by atoms with Crippen LogP contribution in [0.4, 0.5) is 16.2 Å². The molecule has 2 N–H and O–H groups in total. The lowest BCUT2D eigenvalue weighted by Crippen LogP contribution is -2.43. The first-order valence-electron chi connectivity index (χ1n) is 8.04. The van der Waals surface area contributed by atoms with Gasteiger partial charge in [0.25, 0.3) is 0 Å². The number of nitrogens with zero attached hydrogens (tertiary/aromatic N) is 2. The van der Waals surface area contributed by atoms with E-state index in [4.69, 9.17) is 0 Å². The van der Waals surface area contributed by atoms with Crippen LogP contribution in [0.5, 0.6) is 0 Å². The van der Waals surface area contributed by atoms with Crippen molar-refractivity contribution in [1.82, 2.24) is 9.88 Å². The van der Waals surface area contributed by atoms with Gasteiger partial charge in [0.05, 0.1) is 0 Å². The third kappa shape index (κ3) is 4.10. The molecule has 6 heteroatoms. The molecule has 3 amide bonds. The summed E-state index contributed by atoms with van der Waals surface area (Å²) in [6.07, 6.45) is 4.62. The van der Waals surface area contributed by atoms with Crippen molar-refractivity contribution in [2.75, 3.05) is 23.7 Å². The van der Waals surface area contributed by atoms with E-state index in [2.05, 4.69) is 15.6 Å². The third-order valence-electron chi connectivity index (χ3n) is 4.13. The third-order valence-corrected chi connectivity index (χ3v) is 4.13.